The molecule has 0 aromatic rings. The Bertz CT molecular complexity index is 31.5. The molecule has 0 fully saturated rings. The van der Waals surface area contributed by atoms with Crippen molar-refractivity contribution in [2.75, 3.05) is 13.2 Å². The van der Waals surface area contributed by atoms with Crippen molar-refractivity contribution in [3.63, 3.8) is 0 Å². The highest BCUT2D eigenvalue weighted by Crippen LogP contribution is 1.75. The molecule has 0 atom stereocenters. The van der Waals surface area contributed by atoms with Gasteiger partial charge in [-0.05, 0) is 0 Å². The molecule has 0 spiro atoms. The first-order chi connectivity index (χ1) is 3.91. The van der Waals surface area contributed by atoms with Gasteiger partial charge in [0.15, 0.2) is 0 Å². The normalized spacial score (nSPS) is 9.75. The fourth-order valence-corrected chi connectivity index (χ4v) is 0.143. The zero-order valence-corrected chi connectivity index (χ0v) is 3.94. The van der Waals surface area contributed by atoms with Crippen molar-refractivity contribution in [2.24, 2.45) is 0 Å². The molecule has 0 aliphatic rings. The highest BCUT2D eigenvalue weighted by Gasteiger charge is 1.85. The zero-order valence-electron chi connectivity index (χ0n) is 3.94. The van der Waals surface area contributed by atoms with E-state index < -0.39 is 0 Å². The summed E-state index contributed by atoms with van der Waals surface area (Å²) in [4.78, 5) is 7.75. The van der Waals surface area contributed by atoms with Crippen molar-refractivity contribution in [3.8, 4) is 0 Å². The van der Waals surface area contributed by atoms with Gasteiger partial charge in [-0.2, -0.15) is 0 Å². The van der Waals surface area contributed by atoms with Crippen molar-refractivity contribution in [1.82, 2.24) is 0 Å². The van der Waals surface area contributed by atoms with Crippen LogP contribution in [0.2, 0.25) is 0 Å². The molecule has 0 aliphatic heterocycles. The lowest BCUT2D eigenvalue weighted by Gasteiger charge is -1.94. The molecule has 0 rings (SSSR count). The maximum absolute atomic E-state index is 7.48. The molecule has 0 unspecified atom stereocenters. The fraction of sp³-hybridized carbons (Fsp3) is 1.00. The van der Waals surface area contributed by atoms with Crippen LogP contribution in [0, 0.1) is 0 Å². The summed E-state index contributed by atoms with van der Waals surface area (Å²) in [5.74, 6) is 0. The first kappa shape index (κ1) is 7.76. The topological polar surface area (TPSA) is 77.4 Å². The van der Waals surface area contributed by atoms with E-state index in [1.165, 1.54) is 0 Å². The predicted octanol–water partition coefficient (Wildman–Crippen LogP) is -0.171. The Labute approximate surface area is 44.9 Å². The molecule has 0 heterocycles. The van der Waals surface area contributed by atoms with Gasteiger partial charge >= 0.3 is 0 Å². The zero-order chi connectivity index (χ0) is 6.24. The summed E-state index contributed by atoms with van der Waals surface area (Å²) in [5, 5.41) is 21.3. The van der Waals surface area contributed by atoms with Gasteiger partial charge in [-0.15, -0.1) is 0 Å². The Morgan fingerprint density at radius 2 is 1.25 bits per heavy atom. The molecule has 0 saturated carbocycles. The minimum absolute atomic E-state index is 0.0307. The maximum atomic E-state index is 7.48. The third-order valence-electron chi connectivity index (χ3n) is 0.355. The standard InChI is InChI=1S/C2H6O6/c3-7-5-1-2-6-8-4/h3-4H,1-2H2. The van der Waals surface area contributed by atoms with Gasteiger partial charge in [0.25, 0.3) is 0 Å². The molecule has 0 amide bonds. The second-order valence-corrected chi connectivity index (χ2v) is 0.793. The molecule has 0 aromatic carbocycles. The average molecular weight is 126 g/mol. The van der Waals surface area contributed by atoms with E-state index in [1.807, 2.05) is 0 Å². The minimum Gasteiger partial charge on any atom is -0.221 e. The summed E-state index contributed by atoms with van der Waals surface area (Å²) in [6, 6.07) is 0. The summed E-state index contributed by atoms with van der Waals surface area (Å²) >= 11 is 0. The van der Waals surface area contributed by atoms with E-state index in [9.17, 15) is 0 Å². The summed E-state index contributed by atoms with van der Waals surface area (Å²) in [7, 11) is 0. The van der Waals surface area contributed by atoms with Gasteiger partial charge in [0, 0.05) is 0 Å². The number of rotatable bonds is 5. The highest BCUT2D eigenvalue weighted by atomic mass is 17.5. The van der Waals surface area contributed by atoms with Gasteiger partial charge in [0.2, 0.25) is 0 Å². The monoisotopic (exact) mass is 126 g/mol. The smallest absolute Gasteiger partial charge is 0.112 e. The minimum atomic E-state index is -0.0307. The van der Waals surface area contributed by atoms with Gasteiger partial charge in [-0.3, -0.25) is 0 Å². The van der Waals surface area contributed by atoms with Crippen molar-refractivity contribution in [1.29, 1.82) is 0 Å². The second-order valence-electron chi connectivity index (χ2n) is 0.793. The van der Waals surface area contributed by atoms with Crippen LogP contribution in [0.1, 0.15) is 0 Å². The van der Waals surface area contributed by atoms with E-state index in [2.05, 4.69) is 19.9 Å². The SMILES string of the molecule is OOOCCOOO. The average Bonchev–Trinajstić information content (AvgIpc) is 1.81. The molecule has 6 nitrogen and oxygen atoms in total. The lowest BCUT2D eigenvalue weighted by molar-refractivity contribution is -0.518. The van der Waals surface area contributed by atoms with Crippen molar-refractivity contribution < 1.29 is 30.4 Å². The number of hydrogen-bond acceptors (Lipinski definition) is 6. The molecule has 8 heavy (non-hydrogen) atoms. The van der Waals surface area contributed by atoms with E-state index in [0.717, 1.165) is 0 Å². The van der Waals surface area contributed by atoms with Crippen LogP contribution in [0.5, 0.6) is 0 Å². The van der Waals surface area contributed by atoms with E-state index in [0.29, 0.717) is 0 Å². The molecule has 0 bridgehead atoms. The van der Waals surface area contributed by atoms with E-state index in [-0.39, 0.29) is 13.2 Å². The predicted molar refractivity (Wildman–Crippen MR) is 19.3 cm³/mol. The Kier molecular flexibility index (Phi) is 6.56. The molecule has 2 N–H and O–H groups in total. The molecule has 0 saturated heterocycles. The van der Waals surface area contributed by atoms with E-state index >= 15 is 0 Å². The molecule has 50 valence electrons. The van der Waals surface area contributed by atoms with Crippen molar-refractivity contribution >= 4 is 0 Å². The summed E-state index contributed by atoms with van der Waals surface area (Å²) < 4.78 is 0. The van der Waals surface area contributed by atoms with Crippen LogP contribution in [0.4, 0.5) is 0 Å². The van der Waals surface area contributed by atoms with Crippen LogP contribution < -0.4 is 0 Å². The van der Waals surface area contributed by atoms with Gasteiger partial charge in [0.1, 0.15) is 13.2 Å². The molecular formula is C2H6O6. The van der Waals surface area contributed by atoms with Crippen molar-refractivity contribution in [3.05, 3.63) is 0 Å². The number of hydrogen-bond donors (Lipinski definition) is 2. The Balaban J connectivity index is 2.53. The Morgan fingerprint density at radius 1 is 0.875 bits per heavy atom. The third kappa shape index (κ3) is 5.76. The Hall–Kier alpha value is -0.240. The van der Waals surface area contributed by atoms with Crippen molar-refractivity contribution in [2.45, 2.75) is 0 Å². The largest absolute Gasteiger partial charge is 0.221 e. The lowest BCUT2D eigenvalue weighted by atomic mass is 10.8. The third-order valence-corrected chi connectivity index (χ3v) is 0.355. The van der Waals surface area contributed by atoms with Gasteiger partial charge < -0.3 is 0 Å². The van der Waals surface area contributed by atoms with E-state index in [1.54, 1.807) is 0 Å². The fourth-order valence-electron chi connectivity index (χ4n) is 0.143. The van der Waals surface area contributed by atoms with Crippen LogP contribution in [0.3, 0.4) is 0 Å². The lowest BCUT2D eigenvalue weighted by Crippen LogP contribution is -2.02. The van der Waals surface area contributed by atoms with Crippen LogP contribution in [0.15, 0.2) is 0 Å². The maximum Gasteiger partial charge on any atom is 0.112 e. The van der Waals surface area contributed by atoms with Crippen LogP contribution >= 0.6 is 0 Å². The summed E-state index contributed by atoms with van der Waals surface area (Å²) in [5.41, 5.74) is 0. The van der Waals surface area contributed by atoms with Crippen LogP contribution in [-0.2, 0) is 19.9 Å². The molecule has 0 aliphatic carbocycles. The molecular weight excluding hydrogens is 120 g/mol. The van der Waals surface area contributed by atoms with Gasteiger partial charge in [-0.25, -0.2) is 20.3 Å². The molecule has 0 radical (unpaired) electrons. The molecule has 6 heteroatoms. The van der Waals surface area contributed by atoms with Gasteiger partial charge in [0.05, 0.1) is 0 Å². The van der Waals surface area contributed by atoms with E-state index in [4.69, 9.17) is 10.5 Å². The Morgan fingerprint density at radius 3 is 1.50 bits per heavy atom. The summed E-state index contributed by atoms with van der Waals surface area (Å²) in [6.45, 7) is -0.0614. The quantitative estimate of drug-likeness (QED) is 0.302. The van der Waals surface area contributed by atoms with Crippen LogP contribution in [-0.4, -0.2) is 23.7 Å². The molecule has 0 aromatic heterocycles. The van der Waals surface area contributed by atoms with Crippen LogP contribution in [0.25, 0.3) is 0 Å². The van der Waals surface area contributed by atoms with Gasteiger partial charge in [-0.1, -0.05) is 10.1 Å². The first-order valence-corrected chi connectivity index (χ1v) is 1.78. The highest BCUT2D eigenvalue weighted by molar-refractivity contribution is 4.13. The first-order valence-electron chi connectivity index (χ1n) is 1.78. The summed E-state index contributed by atoms with van der Waals surface area (Å²) in [6.07, 6.45) is 0. The second kappa shape index (κ2) is 6.76.